The number of morpholine rings is 1. The lowest BCUT2D eigenvalue weighted by Crippen LogP contribution is -2.50. The van der Waals surface area contributed by atoms with E-state index in [0.29, 0.717) is 18.1 Å². The van der Waals surface area contributed by atoms with Crippen LogP contribution in [0.3, 0.4) is 0 Å². The van der Waals surface area contributed by atoms with E-state index in [4.69, 9.17) is 9.47 Å². The zero-order valence-corrected chi connectivity index (χ0v) is 17.7. The fourth-order valence-corrected chi connectivity index (χ4v) is 3.75. The standard InChI is InChI=1S/C20H33N5O4/c1-15(2)18(26)22-17-12-16(23-24(17)3)19(27)21-13-20(4-8-28-9-5-20)14-25-6-10-29-11-7-25/h12,15H,4-11,13-14H2,1-3H3,(H,21,27)(H,22,26). The first-order valence-electron chi connectivity index (χ1n) is 10.4. The van der Waals surface area contributed by atoms with Gasteiger partial charge in [-0.25, -0.2) is 0 Å². The Bertz CT molecular complexity index is 706. The molecule has 0 aliphatic carbocycles. The molecule has 2 aliphatic rings. The largest absolute Gasteiger partial charge is 0.381 e. The Morgan fingerprint density at radius 1 is 1.17 bits per heavy atom. The number of aromatic nitrogens is 2. The summed E-state index contributed by atoms with van der Waals surface area (Å²) in [5.41, 5.74) is 0.300. The van der Waals surface area contributed by atoms with Gasteiger partial charge in [-0.3, -0.25) is 19.2 Å². The van der Waals surface area contributed by atoms with E-state index in [1.807, 2.05) is 13.8 Å². The molecule has 0 bridgehead atoms. The van der Waals surface area contributed by atoms with E-state index < -0.39 is 0 Å². The van der Waals surface area contributed by atoms with Crippen LogP contribution in [0.15, 0.2) is 6.07 Å². The van der Waals surface area contributed by atoms with Crippen molar-refractivity contribution in [2.24, 2.45) is 18.4 Å². The van der Waals surface area contributed by atoms with E-state index in [1.54, 1.807) is 13.1 Å². The SMILES string of the molecule is CC(C)C(=O)Nc1cc(C(=O)NCC2(CN3CCOCC3)CCOCC2)nn1C. The van der Waals surface area contributed by atoms with E-state index in [0.717, 1.165) is 58.9 Å². The minimum atomic E-state index is -0.224. The molecule has 0 saturated carbocycles. The Hall–Kier alpha value is -1.97. The van der Waals surface area contributed by atoms with Crippen molar-refractivity contribution in [3.8, 4) is 0 Å². The number of carbonyl (C=O) groups excluding carboxylic acids is 2. The minimum absolute atomic E-state index is 0.00524. The number of anilines is 1. The fraction of sp³-hybridized carbons (Fsp3) is 0.750. The number of amides is 2. The van der Waals surface area contributed by atoms with Crippen molar-refractivity contribution in [2.45, 2.75) is 26.7 Å². The Kier molecular flexibility index (Phi) is 7.26. The summed E-state index contributed by atoms with van der Waals surface area (Å²) in [5.74, 6) is 0.0452. The molecule has 0 spiro atoms. The van der Waals surface area contributed by atoms with Gasteiger partial charge >= 0.3 is 0 Å². The molecular weight excluding hydrogens is 374 g/mol. The molecule has 0 unspecified atom stereocenters. The van der Waals surface area contributed by atoms with Crippen molar-refractivity contribution in [3.05, 3.63) is 11.8 Å². The third kappa shape index (κ3) is 5.77. The second kappa shape index (κ2) is 9.69. The van der Waals surface area contributed by atoms with Gasteiger partial charge in [-0.2, -0.15) is 5.10 Å². The molecule has 2 fully saturated rings. The van der Waals surface area contributed by atoms with Crippen LogP contribution in [0.25, 0.3) is 0 Å². The average molecular weight is 408 g/mol. The second-order valence-electron chi connectivity index (χ2n) is 8.37. The highest BCUT2D eigenvalue weighted by Gasteiger charge is 2.35. The van der Waals surface area contributed by atoms with E-state index in [2.05, 4.69) is 20.6 Å². The topological polar surface area (TPSA) is 97.7 Å². The van der Waals surface area contributed by atoms with Crippen molar-refractivity contribution < 1.29 is 19.1 Å². The Balaban J connectivity index is 1.61. The molecule has 0 radical (unpaired) electrons. The first kappa shape index (κ1) is 21.7. The maximum absolute atomic E-state index is 12.7. The summed E-state index contributed by atoms with van der Waals surface area (Å²) in [6.45, 7) is 9.96. The Morgan fingerprint density at radius 2 is 1.83 bits per heavy atom. The van der Waals surface area contributed by atoms with Gasteiger partial charge in [0.1, 0.15) is 5.82 Å². The van der Waals surface area contributed by atoms with Crippen molar-refractivity contribution >= 4 is 17.6 Å². The highest BCUT2D eigenvalue weighted by molar-refractivity contribution is 5.95. The van der Waals surface area contributed by atoms with Crippen LogP contribution in [0.5, 0.6) is 0 Å². The van der Waals surface area contributed by atoms with Gasteiger partial charge in [-0.15, -0.1) is 0 Å². The van der Waals surface area contributed by atoms with E-state index in [-0.39, 0.29) is 23.1 Å². The molecule has 1 aromatic heterocycles. The molecular formula is C20H33N5O4. The summed E-state index contributed by atoms with van der Waals surface area (Å²) in [4.78, 5) is 27.1. The van der Waals surface area contributed by atoms with Crippen LogP contribution in [0, 0.1) is 11.3 Å². The molecule has 9 heteroatoms. The molecule has 29 heavy (non-hydrogen) atoms. The van der Waals surface area contributed by atoms with Gasteiger partial charge in [-0.05, 0) is 12.8 Å². The lowest BCUT2D eigenvalue weighted by atomic mass is 9.79. The number of aryl methyl sites for hydroxylation is 1. The van der Waals surface area contributed by atoms with Gasteiger partial charge in [0.05, 0.1) is 13.2 Å². The summed E-state index contributed by atoms with van der Waals surface area (Å²) < 4.78 is 12.5. The zero-order chi connectivity index (χ0) is 20.9. The van der Waals surface area contributed by atoms with E-state index in [9.17, 15) is 9.59 Å². The Morgan fingerprint density at radius 3 is 2.48 bits per heavy atom. The predicted octanol–water partition coefficient (Wildman–Crippen LogP) is 0.873. The summed E-state index contributed by atoms with van der Waals surface area (Å²) in [5, 5.41) is 10.1. The third-order valence-electron chi connectivity index (χ3n) is 5.73. The van der Waals surface area contributed by atoms with E-state index in [1.165, 1.54) is 4.68 Å². The van der Waals surface area contributed by atoms with Gasteiger partial charge in [0.25, 0.3) is 5.91 Å². The molecule has 2 N–H and O–H groups in total. The van der Waals surface area contributed by atoms with Crippen molar-refractivity contribution in [2.75, 3.05) is 57.9 Å². The predicted molar refractivity (Wildman–Crippen MR) is 109 cm³/mol. The van der Waals surface area contributed by atoms with Crippen LogP contribution in [-0.2, 0) is 21.3 Å². The van der Waals surface area contributed by atoms with Crippen LogP contribution >= 0.6 is 0 Å². The molecule has 1 aromatic rings. The molecule has 2 aliphatic heterocycles. The van der Waals surface area contributed by atoms with Gasteiger partial charge < -0.3 is 20.1 Å². The summed E-state index contributed by atoms with van der Waals surface area (Å²) in [6.07, 6.45) is 1.84. The number of hydrogen-bond donors (Lipinski definition) is 2. The number of ether oxygens (including phenoxy) is 2. The molecule has 0 atom stereocenters. The second-order valence-corrected chi connectivity index (χ2v) is 8.37. The maximum Gasteiger partial charge on any atom is 0.271 e. The minimum Gasteiger partial charge on any atom is -0.381 e. The number of nitrogens with zero attached hydrogens (tertiary/aromatic N) is 3. The van der Waals surface area contributed by atoms with Crippen LogP contribution in [0.4, 0.5) is 5.82 Å². The van der Waals surface area contributed by atoms with Crippen LogP contribution in [0.1, 0.15) is 37.2 Å². The lowest BCUT2D eigenvalue weighted by molar-refractivity contribution is -0.118. The molecule has 0 aromatic carbocycles. The fourth-order valence-electron chi connectivity index (χ4n) is 3.75. The first-order chi connectivity index (χ1) is 13.9. The van der Waals surface area contributed by atoms with Crippen LogP contribution in [-0.4, -0.2) is 79.1 Å². The highest BCUT2D eigenvalue weighted by atomic mass is 16.5. The molecule has 3 heterocycles. The first-order valence-corrected chi connectivity index (χ1v) is 10.4. The van der Waals surface area contributed by atoms with E-state index >= 15 is 0 Å². The van der Waals surface area contributed by atoms with Gasteiger partial charge in [0.15, 0.2) is 5.69 Å². The van der Waals surface area contributed by atoms with Crippen molar-refractivity contribution in [3.63, 3.8) is 0 Å². The third-order valence-corrected chi connectivity index (χ3v) is 5.73. The van der Waals surface area contributed by atoms with Gasteiger partial charge in [0, 0.05) is 63.8 Å². The number of carbonyl (C=O) groups is 2. The summed E-state index contributed by atoms with van der Waals surface area (Å²) in [7, 11) is 1.71. The molecule has 2 saturated heterocycles. The maximum atomic E-state index is 12.7. The number of rotatable bonds is 7. The summed E-state index contributed by atoms with van der Waals surface area (Å²) in [6, 6.07) is 1.62. The van der Waals surface area contributed by atoms with Crippen molar-refractivity contribution in [1.82, 2.24) is 20.0 Å². The lowest BCUT2D eigenvalue weighted by Gasteiger charge is -2.42. The number of hydrogen-bond acceptors (Lipinski definition) is 6. The van der Waals surface area contributed by atoms with Crippen LogP contribution < -0.4 is 10.6 Å². The Labute approximate surface area is 172 Å². The highest BCUT2D eigenvalue weighted by Crippen LogP contribution is 2.31. The molecule has 162 valence electrons. The number of nitrogens with one attached hydrogen (secondary N) is 2. The quantitative estimate of drug-likeness (QED) is 0.696. The van der Waals surface area contributed by atoms with Gasteiger partial charge in [-0.1, -0.05) is 13.8 Å². The molecule has 9 nitrogen and oxygen atoms in total. The zero-order valence-electron chi connectivity index (χ0n) is 17.7. The smallest absolute Gasteiger partial charge is 0.271 e. The molecule has 3 rings (SSSR count). The van der Waals surface area contributed by atoms with Crippen molar-refractivity contribution in [1.29, 1.82) is 0 Å². The average Bonchev–Trinajstić information content (AvgIpc) is 3.08. The molecule has 2 amide bonds. The monoisotopic (exact) mass is 407 g/mol. The van der Waals surface area contributed by atoms with Gasteiger partial charge in [0.2, 0.25) is 5.91 Å². The van der Waals surface area contributed by atoms with Crippen LogP contribution in [0.2, 0.25) is 0 Å². The summed E-state index contributed by atoms with van der Waals surface area (Å²) >= 11 is 0. The normalized spacial score (nSPS) is 19.9.